The number of halogens is 1. The molecule has 1 N–H and O–H groups in total. The fourth-order valence-electron chi connectivity index (χ4n) is 4.00. The highest BCUT2D eigenvalue weighted by Gasteiger charge is 2.34. The number of hydrogen-bond acceptors (Lipinski definition) is 3. The highest BCUT2D eigenvalue weighted by molar-refractivity contribution is 7.89. The zero-order valence-corrected chi connectivity index (χ0v) is 18.8. The van der Waals surface area contributed by atoms with E-state index in [1.807, 2.05) is 24.3 Å². The molecular weight excluding hydrogens is 415 g/mol. The summed E-state index contributed by atoms with van der Waals surface area (Å²) in [6.07, 6.45) is 7.61. The lowest BCUT2D eigenvalue weighted by molar-refractivity contribution is -0.116. The van der Waals surface area contributed by atoms with E-state index in [2.05, 4.69) is 12.2 Å². The lowest BCUT2D eigenvalue weighted by Gasteiger charge is -2.33. The molecule has 0 heterocycles. The van der Waals surface area contributed by atoms with Crippen molar-refractivity contribution in [3.63, 3.8) is 0 Å². The number of nitrogens with one attached hydrogen (secondary N) is 1. The molecule has 168 valence electrons. The van der Waals surface area contributed by atoms with Crippen molar-refractivity contribution in [1.29, 1.82) is 0 Å². The van der Waals surface area contributed by atoms with Crippen molar-refractivity contribution in [2.75, 3.05) is 11.9 Å². The average molecular weight is 447 g/mol. The Morgan fingerprint density at radius 3 is 2.29 bits per heavy atom. The standard InChI is InChI=1S/C24H31FN2O3S/c1-2-3-7-19-10-14-21(15-11-19)26-24(28)18-27(22-8-5-4-6-9-22)31(29,30)23-16-12-20(25)13-17-23/h10-17,22H,2-9,18H2,1H3,(H,26,28). The molecule has 0 saturated heterocycles. The van der Waals surface area contributed by atoms with Crippen LogP contribution in [0.4, 0.5) is 10.1 Å². The Bertz CT molecular complexity index is 953. The van der Waals surface area contributed by atoms with Crippen LogP contribution in [0.5, 0.6) is 0 Å². The minimum atomic E-state index is -3.92. The number of amides is 1. The van der Waals surface area contributed by atoms with Gasteiger partial charge in [-0.15, -0.1) is 0 Å². The first kappa shape index (κ1) is 23.4. The summed E-state index contributed by atoms with van der Waals surface area (Å²) in [5.41, 5.74) is 1.86. The minimum Gasteiger partial charge on any atom is -0.325 e. The maximum atomic E-state index is 13.3. The molecule has 3 rings (SSSR count). The van der Waals surface area contributed by atoms with Gasteiger partial charge in [-0.2, -0.15) is 4.31 Å². The fraction of sp³-hybridized carbons (Fsp3) is 0.458. The first-order chi connectivity index (χ1) is 14.9. The molecule has 2 aromatic carbocycles. The zero-order valence-electron chi connectivity index (χ0n) is 18.0. The van der Waals surface area contributed by atoms with E-state index in [-0.39, 0.29) is 23.4 Å². The van der Waals surface area contributed by atoms with Gasteiger partial charge < -0.3 is 5.32 Å². The second-order valence-corrected chi connectivity index (χ2v) is 10.0. The van der Waals surface area contributed by atoms with Crippen molar-refractivity contribution in [2.45, 2.75) is 69.2 Å². The molecule has 1 saturated carbocycles. The number of hydrogen-bond donors (Lipinski definition) is 1. The van der Waals surface area contributed by atoms with E-state index < -0.39 is 15.8 Å². The quantitative estimate of drug-likeness (QED) is 0.581. The van der Waals surface area contributed by atoms with Crippen molar-refractivity contribution >= 4 is 21.6 Å². The van der Waals surface area contributed by atoms with Crippen molar-refractivity contribution in [3.8, 4) is 0 Å². The van der Waals surface area contributed by atoms with E-state index in [0.717, 1.165) is 63.5 Å². The van der Waals surface area contributed by atoms with Crippen molar-refractivity contribution in [1.82, 2.24) is 4.31 Å². The number of sulfonamides is 1. The zero-order chi connectivity index (χ0) is 22.3. The van der Waals surface area contributed by atoms with Gasteiger partial charge in [-0.1, -0.05) is 44.7 Å². The Balaban J connectivity index is 1.75. The molecule has 7 heteroatoms. The van der Waals surface area contributed by atoms with Gasteiger partial charge in [-0.05, 0) is 67.6 Å². The van der Waals surface area contributed by atoms with Crippen LogP contribution in [-0.2, 0) is 21.2 Å². The Hall–Kier alpha value is -2.25. The van der Waals surface area contributed by atoms with Crippen LogP contribution in [0.25, 0.3) is 0 Å². The van der Waals surface area contributed by atoms with Gasteiger partial charge >= 0.3 is 0 Å². The van der Waals surface area contributed by atoms with Crippen molar-refractivity contribution in [2.24, 2.45) is 0 Å². The summed E-state index contributed by atoms with van der Waals surface area (Å²) in [6, 6.07) is 12.2. The lowest BCUT2D eigenvalue weighted by atomic mass is 9.95. The van der Waals surface area contributed by atoms with E-state index in [1.54, 1.807) is 0 Å². The topological polar surface area (TPSA) is 66.5 Å². The Morgan fingerprint density at radius 2 is 1.68 bits per heavy atom. The molecule has 0 radical (unpaired) electrons. The van der Waals surface area contributed by atoms with Gasteiger partial charge in [0, 0.05) is 11.7 Å². The van der Waals surface area contributed by atoms with E-state index >= 15 is 0 Å². The monoisotopic (exact) mass is 446 g/mol. The first-order valence-electron chi connectivity index (χ1n) is 11.1. The van der Waals surface area contributed by atoms with Gasteiger partial charge in [0.2, 0.25) is 15.9 Å². The molecule has 5 nitrogen and oxygen atoms in total. The maximum Gasteiger partial charge on any atom is 0.243 e. The van der Waals surface area contributed by atoms with Gasteiger partial charge in [-0.25, -0.2) is 12.8 Å². The number of benzene rings is 2. The molecule has 0 aromatic heterocycles. The molecule has 0 atom stereocenters. The molecule has 0 aliphatic heterocycles. The Labute approximate surface area is 184 Å². The fourth-order valence-corrected chi connectivity index (χ4v) is 5.64. The van der Waals surface area contributed by atoms with Crippen LogP contribution in [0.3, 0.4) is 0 Å². The van der Waals surface area contributed by atoms with Crippen LogP contribution >= 0.6 is 0 Å². The number of rotatable bonds is 9. The van der Waals surface area contributed by atoms with E-state index in [4.69, 9.17) is 0 Å². The summed E-state index contributed by atoms with van der Waals surface area (Å²) in [5, 5.41) is 2.82. The van der Waals surface area contributed by atoms with Crippen molar-refractivity contribution in [3.05, 3.63) is 59.9 Å². The number of unbranched alkanes of at least 4 members (excludes halogenated alkanes) is 1. The molecule has 0 unspecified atom stereocenters. The van der Waals surface area contributed by atoms with Crippen LogP contribution in [0, 0.1) is 5.82 Å². The van der Waals surface area contributed by atoms with Crippen LogP contribution in [0.1, 0.15) is 57.4 Å². The number of aryl methyl sites for hydroxylation is 1. The molecule has 1 aliphatic rings. The molecular formula is C24H31FN2O3S. The number of anilines is 1. The van der Waals surface area contributed by atoms with Gasteiger partial charge in [0.05, 0.1) is 11.4 Å². The number of carbonyl (C=O) groups excluding carboxylic acids is 1. The third-order valence-electron chi connectivity index (χ3n) is 5.76. The third kappa shape index (κ3) is 6.37. The van der Waals surface area contributed by atoms with Gasteiger partial charge in [0.25, 0.3) is 0 Å². The number of nitrogens with zero attached hydrogens (tertiary/aromatic N) is 1. The molecule has 1 aliphatic carbocycles. The van der Waals surface area contributed by atoms with Gasteiger partial charge in [0.15, 0.2) is 0 Å². The van der Waals surface area contributed by atoms with Gasteiger partial charge in [0.1, 0.15) is 5.82 Å². The smallest absolute Gasteiger partial charge is 0.243 e. The SMILES string of the molecule is CCCCc1ccc(NC(=O)CN(C2CCCCC2)S(=O)(=O)c2ccc(F)cc2)cc1. The highest BCUT2D eigenvalue weighted by atomic mass is 32.2. The van der Waals surface area contributed by atoms with E-state index in [9.17, 15) is 17.6 Å². The van der Waals surface area contributed by atoms with Crippen LogP contribution in [0.15, 0.2) is 53.4 Å². The summed E-state index contributed by atoms with van der Waals surface area (Å²) in [4.78, 5) is 12.8. The van der Waals surface area contributed by atoms with E-state index in [0.29, 0.717) is 5.69 Å². The summed E-state index contributed by atoms with van der Waals surface area (Å²) >= 11 is 0. The molecule has 1 fully saturated rings. The lowest BCUT2D eigenvalue weighted by Crippen LogP contribution is -2.45. The molecule has 1 amide bonds. The van der Waals surface area contributed by atoms with Crippen LogP contribution < -0.4 is 5.32 Å². The van der Waals surface area contributed by atoms with Crippen molar-refractivity contribution < 1.29 is 17.6 Å². The summed E-state index contributed by atoms with van der Waals surface area (Å²) in [6.45, 7) is 1.88. The molecule has 0 spiro atoms. The number of carbonyl (C=O) groups is 1. The normalized spacial score (nSPS) is 15.2. The largest absolute Gasteiger partial charge is 0.325 e. The molecule has 31 heavy (non-hydrogen) atoms. The predicted octanol–water partition coefficient (Wildman–Crippen LogP) is 5.13. The maximum absolute atomic E-state index is 13.3. The first-order valence-corrected chi connectivity index (χ1v) is 12.5. The minimum absolute atomic E-state index is 0.00699. The van der Waals surface area contributed by atoms with Gasteiger partial charge in [-0.3, -0.25) is 4.79 Å². The second-order valence-electron chi connectivity index (χ2n) is 8.14. The predicted molar refractivity (Wildman–Crippen MR) is 121 cm³/mol. The Morgan fingerprint density at radius 1 is 1.03 bits per heavy atom. The molecule has 0 bridgehead atoms. The summed E-state index contributed by atoms with van der Waals surface area (Å²) in [5.74, 6) is -0.874. The molecule has 2 aromatic rings. The summed E-state index contributed by atoms with van der Waals surface area (Å²) < 4.78 is 41.2. The van der Waals surface area contributed by atoms with Crippen LogP contribution in [-0.4, -0.2) is 31.2 Å². The second kappa shape index (κ2) is 10.9. The average Bonchev–Trinajstić information content (AvgIpc) is 2.78. The summed E-state index contributed by atoms with van der Waals surface area (Å²) in [7, 11) is -3.92. The Kier molecular flexibility index (Phi) is 8.21. The highest BCUT2D eigenvalue weighted by Crippen LogP contribution is 2.28. The third-order valence-corrected chi connectivity index (χ3v) is 7.67. The van der Waals surface area contributed by atoms with Crippen LogP contribution in [0.2, 0.25) is 0 Å². The van der Waals surface area contributed by atoms with E-state index in [1.165, 1.54) is 22.0 Å².